The molecule has 124 valence electrons. The van der Waals surface area contributed by atoms with E-state index in [1.807, 2.05) is 6.92 Å². The van der Waals surface area contributed by atoms with E-state index in [1.165, 1.54) is 10.7 Å². The van der Waals surface area contributed by atoms with E-state index in [0.29, 0.717) is 24.6 Å². The van der Waals surface area contributed by atoms with Gasteiger partial charge in [0.05, 0.1) is 19.3 Å². The Balaban J connectivity index is 1.63. The molecule has 7 nitrogen and oxygen atoms in total. The molecule has 1 aromatic carbocycles. The molecule has 0 saturated carbocycles. The molecule has 0 spiro atoms. The molecule has 2 heterocycles. The quantitative estimate of drug-likeness (QED) is 0.867. The number of aryl methyl sites for hydroxylation is 1. The van der Waals surface area contributed by atoms with Crippen molar-refractivity contribution in [3.8, 4) is 5.69 Å². The number of hydrogen-bond donors (Lipinski definition) is 1. The fourth-order valence-corrected chi connectivity index (χ4v) is 2.62. The number of rotatable bonds is 5. The van der Waals surface area contributed by atoms with E-state index in [-0.39, 0.29) is 11.9 Å². The van der Waals surface area contributed by atoms with E-state index in [2.05, 4.69) is 32.8 Å². The largest absolute Gasteiger partial charge is 0.374 e. The Hall–Kier alpha value is -1.90. The monoisotopic (exact) mass is 320 g/mol. The number of hydrogen-bond acceptors (Lipinski definition) is 6. The van der Waals surface area contributed by atoms with Gasteiger partial charge in [0, 0.05) is 19.6 Å². The number of tetrazole rings is 1. The minimum absolute atomic E-state index is 0.147. The van der Waals surface area contributed by atoms with Crippen molar-refractivity contribution in [1.29, 1.82) is 0 Å². The number of nitrogens with one attached hydrogen (secondary N) is 1. The summed E-state index contributed by atoms with van der Waals surface area (Å²) >= 11 is 0. The highest BCUT2D eigenvalue weighted by Crippen LogP contribution is 2.15. The molecule has 1 aliphatic rings. The number of benzene rings is 1. The molecule has 0 amide bonds. The van der Waals surface area contributed by atoms with E-state index >= 15 is 0 Å². The fraction of sp³-hybridized carbons (Fsp3) is 0.533. The fourth-order valence-electron chi connectivity index (χ4n) is 2.62. The molecule has 8 heteroatoms. The van der Waals surface area contributed by atoms with Gasteiger partial charge in [0.25, 0.3) is 0 Å². The van der Waals surface area contributed by atoms with Gasteiger partial charge in [-0.3, -0.25) is 0 Å². The van der Waals surface area contributed by atoms with Crippen molar-refractivity contribution in [1.82, 2.24) is 30.4 Å². The average molecular weight is 320 g/mol. The van der Waals surface area contributed by atoms with E-state index in [4.69, 9.17) is 4.74 Å². The first-order valence-electron chi connectivity index (χ1n) is 7.68. The third-order valence-corrected chi connectivity index (χ3v) is 3.86. The maximum atomic E-state index is 14.0. The SMILES string of the molecule is Cc1ccc(F)c(-n2nnnc2CNCC2CN(C)CCO2)c1. The van der Waals surface area contributed by atoms with Crippen LogP contribution < -0.4 is 5.32 Å². The summed E-state index contributed by atoms with van der Waals surface area (Å²) in [5, 5.41) is 14.8. The molecular formula is C15H21FN6O. The summed E-state index contributed by atoms with van der Waals surface area (Å²) in [4.78, 5) is 2.24. The minimum atomic E-state index is -0.346. The maximum absolute atomic E-state index is 14.0. The normalized spacial score (nSPS) is 19.2. The van der Waals surface area contributed by atoms with Crippen LogP contribution in [0.25, 0.3) is 5.69 Å². The molecule has 1 unspecified atom stereocenters. The van der Waals surface area contributed by atoms with Crippen LogP contribution in [0.1, 0.15) is 11.4 Å². The van der Waals surface area contributed by atoms with Crippen molar-refractivity contribution in [2.75, 3.05) is 33.3 Å². The van der Waals surface area contributed by atoms with Gasteiger partial charge in [-0.15, -0.1) is 5.10 Å². The van der Waals surface area contributed by atoms with Crippen molar-refractivity contribution < 1.29 is 9.13 Å². The molecule has 1 aromatic heterocycles. The van der Waals surface area contributed by atoms with Crippen LogP contribution in [-0.2, 0) is 11.3 Å². The maximum Gasteiger partial charge on any atom is 0.170 e. The van der Waals surface area contributed by atoms with Crippen LogP contribution in [0.4, 0.5) is 4.39 Å². The van der Waals surface area contributed by atoms with Crippen LogP contribution in [0.3, 0.4) is 0 Å². The lowest BCUT2D eigenvalue weighted by Crippen LogP contribution is -2.44. The van der Waals surface area contributed by atoms with Crippen molar-refractivity contribution in [2.24, 2.45) is 0 Å². The standard InChI is InChI=1S/C15H21FN6O/c1-11-3-4-13(16)14(7-11)22-15(18-19-20-22)9-17-8-12-10-21(2)5-6-23-12/h3-4,7,12,17H,5-6,8-10H2,1-2H3. The van der Waals surface area contributed by atoms with Crippen molar-refractivity contribution in [3.63, 3.8) is 0 Å². The van der Waals surface area contributed by atoms with E-state index < -0.39 is 0 Å². The summed E-state index contributed by atoms with van der Waals surface area (Å²) in [5.74, 6) is 0.222. The second kappa shape index (κ2) is 7.12. The van der Waals surface area contributed by atoms with Crippen molar-refractivity contribution in [2.45, 2.75) is 19.6 Å². The van der Waals surface area contributed by atoms with Gasteiger partial charge < -0.3 is 15.0 Å². The van der Waals surface area contributed by atoms with Crippen molar-refractivity contribution in [3.05, 3.63) is 35.4 Å². The highest BCUT2D eigenvalue weighted by atomic mass is 19.1. The minimum Gasteiger partial charge on any atom is -0.374 e. The number of morpholine rings is 1. The number of ether oxygens (including phenoxy) is 1. The lowest BCUT2D eigenvalue weighted by Gasteiger charge is -2.30. The van der Waals surface area contributed by atoms with Crippen LogP contribution in [-0.4, -0.2) is 64.5 Å². The third kappa shape index (κ3) is 3.90. The Morgan fingerprint density at radius 2 is 2.30 bits per heavy atom. The molecule has 1 fully saturated rings. The first-order chi connectivity index (χ1) is 11.1. The molecule has 1 saturated heterocycles. The van der Waals surface area contributed by atoms with Crippen molar-refractivity contribution >= 4 is 0 Å². The second-order valence-corrected chi connectivity index (χ2v) is 5.85. The Bertz CT molecular complexity index is 661. The number of halogens is 1. The lowest BCUT2D eigenvalue weighted by atomic mass is 10.2. The van der Waals surface area contributed by atoms with Gasteiger partial charge in [-0.1, -0.05) is 6.07 Å². The Morgan fingerprint density at radius 1 is 1.43 bits per heavy atom. The number of nitrogens with zero attached hydrogens (tertiary/aromatic N) is 5. The topological polar surface area (TPSA) is 68.1 Å². The van der Waals surface area contributed by atoms with Crippen LogP contribution in [0.15, 0.2) is 18.2 Å². The molecule has 0 aliphatic carbocycles. The van der Waals surface area contributed by atoms with Gasteiger partial charge in [0.15, 0.2) is 5.82 Å². The van der Waals surface area contributed by atoms with Gasteiger partial charge in [-0.2, -0.15) is 4.68 Å². The van der Waals surface area contributed by atoms with Gasteiger partial charge in [-0.05, 0) is 42.1 Å². The molecule has 1 atom stereocenters. The third-order valence-electron chi connectivity index (χ3n) is 3.86. The first-order valence-corrected chi connectivity index (χ1v) is 7.68. The van der Waals surface area contributed by atoms with Crippen LogP contribution in [0.5, 0.6) is 0 Å². The molecule has 0 bridgehead atoms. The first kappa shape index (κ1) is 16.0. The number of aromatic nitrogens is 4. The second-order valence-electron chi connectivity index (χ2n) is 5.85. The molecule has 3 rings (SSSR count). The van der Waals surface area contributed by atoms with Crippen LogP contribution in [0, 0.1) is 12.7 Å². The van der Waals surface area contributed by atoms with Gasteiger partial charge >= 0.3 is 0 Å². The molecular weight excluding hydrogens is 299 g/mol. The van der Waals surface area contributed by atoms with E-state index in [1.54, 1.807) is 12.1 Å². The van der Waals surface area contributed by atoms with Gasteiger partial charge in [-0.25, -0.2) is 4.39 Å². The zero-order chi connectivity index (χ0) is 16.2. The Labute approximate surface area is 134 Å². The van der Waals surface area contributed by atoms with Gasteiger partial charge in [0.2, 0.25) is 0 Å². The molecule has 0 radical (unpaired) electrons. The van der Waals surface area contributed by atoms with Crippen LogP contribution in [0.2, 0.25) is 0 Å². The molecule has 1 aliphatic heterocycles. The summed E-state index contributed by atoms with van der Waals surface area (Å²) < 4.78 is 21.1. The smallest absolute Gasteiger partial charge is 0.170 e. The summed E-state index contributed by atoms with van der Waals surface area (Å²) in [6.07, 6.45) is 0.147. The van der Waals surface area contributed by atoms with Crippen LogP contribution >= 0.6 is 0 Å². The summed E-state index contributed by atoms with van der Waals surface area (Å²) in [5.41, 5.74) is 1.31. The molecule has 23 heavy (non-hydrogen) atoms. The Kier molecular flexibility index (Phi) is 4.94. The van der Waals surface area contributed by atoms with Gasteiger partial charge in [0.1, 0.15) is 11.5 Å². The predicted molar refractivity (Wildman–Crippen MR) is 82.8 cm³/mol. The molecule has 1 N–H and O–H groups in total. The summed E-state index contributed by atoms with van der Waals surface area (Å²) in [6, 6.07) is 4.88. The zero-order valence-corrected chi connectivity index (χ0v) is 13.4. The van der Waals surface area contributed by atoms with E-state index in [0.717, 1.165) is 25.3 Å². The predicted octanol–water partition coefficient (Wildman–Crippen LogP) is 0.530. The van der Waals surface area contributed by atoms with E-state index in [9.17, 15) is 4.39 Å². The molecule has 2 aromatic rings. The summed E-state index contributed by atoms with van der Waals surface area (Å²) in [6.45, 7) is 5.65. The number of likely N-dealkylation sites (N-methyl/N-ethyl adjacent to an activating group) is 1. The Morgan fingerprint density at radius 3 is 3.13 bits per heavy atom. The highest BCUT2D eigenvalue weighted by molar-refractivity contribution is 5.36. The highest BCUT2D eigenvalue weighted by Gasteiger charge is 2.18. The average Bonchev–Trinajstić information content (AvgIpc) is 2.98. The lowest BCUT2D eigenvalue weighted by molar-refractivity contribution is -0.0183. The summed E-state index contributed by atoms with van der Waals surface area (Å²) in [7, 11) is 2.08. The zero-order valence-electron chi connectivity index (χ0n) is 13.4.